The van der Waals surface area contributed by atoms with Crippen molar-refractivity contribution in [1.82, 2.24) is 0 Å². The number of nitrogens with two attached hydrogens (primary N) is 1. The number of aryl methyl sites for hydroxylation is 2. The van der Waals surface area contributed by atoms with Gasteiger partial charge in [-0.15, -0.1) is 0 Å². The van der Waals surface area contributed by atoms with Gasteiger partial charge in [0.1, 0.15) is 0 Å². The molecular formula is C13H20N2OS. The first kappa shape index (κ1) is 14.1. The molecule has 0 saturated carbocycles. The summed E-state index contributed by atoms with van der Waals surface area (Å²) in [5.41, 5.74) is 8.85. The number of anilines is 1. The topological polar surface area (TPSA) is 55.1 Å². The lowest BCUT2D eigenvalue weighted by Gasteiger charge is -2.13. The molecule has 0 unspecified atom stereocenters. The maximum absolute atomic E-state index is 11.8. The third kappa shape index (κ3) is 4.40. The SMILES string of the molecule is CSCC[C@@H](N)C(=O)Nc1cc(C)ccc1C. The summed E-state index contributed by atoms with van der Waals surface area (Å²) in [5.74, 6) is 0.800. The Labute approximate surface area is 107 Å². The molecule has 0 radical (unpaired) electrons. The molecule has 0 aliphatic rings. The molecular weight excluding hydrogens is 232 g/mol. The van der Waals surface area contributed by atoms with Crippen LogP contribution < -0.4 is 11.1 Å². The first-order valence-corrected chi connectivity index (χ1v) is 7.06. The van der Waals surface area contributed by atoms with Gasteiger partial charge in [-0.1, -0.05) is 12.1 Å². The summed E-state index contributed by atoms with van der Waals surface area (Å²) >= 11 is 1.70. The molecule has 1 aromatic carbocycles. The summed E-state index contributed by atoms with van der Waals surface area (Å²) in [6.45, 7) is 3.98. The van der Waals surface area contributed by atoms with E-state index in [9.17, 15) is 4.79 Å². The van der Waals surface area contributed by atoms with E-state index in [0.717, 1.165) is 22.6 Å². The molecule has 17 heavy (non-hydrogen) atoms. The zero-order valence-electron chi connectivity index (χ0n) is 10.6. The smallest absolute Gasteiger partial charge is 0.241 e. The van der Waals surface area contributed by atoms with Crippen LogP contribution in [0.15, 0.2) is 18.2 Å². The van der Waals surface area contributed by atoms with Gasteiger partial charge in [0.05, 0.1) is 6.04 Å². The van der Waals surface area contributed by atoms with Crippen molar-refractivity contribution in [2.24, 2.45) is 5.73 Å². The Morgan fingerprint density at radius 1 is 1.47 bits per heavy atom. The van der Waals surface area contributed by atoms with Crippen LogP contribution in [0, 0.1) is 13.8 Å². The predicted molar refractivity (Wildman–Crippen MR) is 75.5 cm³/mol. The van der Waals surface area contributed by atoms with Gasteiger partial charge in [-0.2, -0.15) is 11.8 Å². The van der Waals surface area contributed by atoms with Gasteiger partial charge >= 0.3 is 0 Å². The Morgan fingerprint density at radius 3 is 2.82 bits per heavy atom. The predicted octanol–water partition coefficient (Wildman–Crippen LogP) is 2.32. The molecule has 1 aromatic rings. The van der Waals surface area contributed by atoms with Gasteiger partial charge in [0, 0.05) is 5.69 Å². The highest BCUT2D eigenvalue weighted by Gasteiger charge is 2.13. The van der Waals surface area contributed by atoms with Crippen molar-refractivity contribution in [3.05, 3.63) is 29.3 Å². The third-order valence-corrected chi connectivity index (χ3v) is 3.26. The lowest BCUT2D eigenvalue weighted by Crippen LogP contribution is -2.36. The van der Waals surface area contributed by atoms with Gasteiger partial charge in [0.15, 0.2) is 0 Å². The summed E-state index contributed by atoms with van der Waals surface area (Å²) in [5, 5.41) is 2.89. The summed E-state index contributed by atoms with van der Waals surface area (Å²) in [6, 6.07) is 5.56. The lowest BCUT2D eigenvalue weighted by atomic mass is 10.1. The first-order valence-electron chi connectivity index (χ1n) is 5.67. The average Bonchev–Trinajstić information content (AvgIpc) is 2.30. The van der Waals surface area contributed by atoms with Crippen LogP contribution >= 0.6 is 11.8 Å². The van der Waals surface area contributed by atoms with Crippen LogP contribution in [0.25, 0.3) is 0 Å². The summed E-state index contributed by atoms with van der Waals surface area (Å²) in [6.07, 6.45) is 2.72. The van der Waals surface area contributed by atoms with Crippen molar-refractivity contribution >= 4 is 23.4 Å². The Balaban J connectivity index is 2.64. The Bertz CT molecular complexity index is 393. The maximum atomic E-state index is 11.8. The van der Waals surface area contributed by atoms with Crippen LogP contribution in [0.1, 0.15) is 17.5 Å². The van der Waals surface area contributed by atoms with Crippen LogP contribution in [0.4, 0.5) is 5.69 Å². The third-order valence-electron chi connectivity index (χ3n) is 2.62. The standard InChI is InChI=1S/C13H20N2OS/c1-9-4-5-10(2)12(8-9)15-13(16)11(14)6-7-17-3/h4-5,8,11H,6-7,14H2,1-3H3,(H,15,16)/t11-/m1/s1. The molecule has 1 rings (SSSR count). The summed E-state index contributed by atoms with van der Waals surface area (Å²) in [7, 11) is 0. The van der Waals surface area contributed by atoms with Crippen molar-refractivity contribution in [3.63, 3.8) is 0 Å². The molecule has 0 aliphatic carbocycles. The van der Waals surface area contributed by atoms with Crippen molar-refractivity contribution in [2.45, 2.75) is 26.3 Å². The largest absolute Gasteiger partial charge is 0.324 e. The lowest BCUT2D eigenvalue weighted by molar-refractivity contribution is -0.117. The van der Waals surface area contributed by atoms with Crippen molar-refractivity contribution < 1.29 is 4.79 Å². The number of benzene rings is 1. The number of thioether (sulfide) groups is 1. The molecule has 3 nitrogen and oxygen atoms in total. The first-order chi connectivity index (χ1) is 8.04. The number of hydrogen-bond donors (Lipinski definition) is 2. The van der Waals surface area contributed by atoms with Gasteiger partial charge in [-0.25, -0.2) is 0 Å². The second-order valence-corrected chi connectivity index (χ2v) is 5.18. The van der Waals surface area contributed by atoms with E-state index in [1.165, 1.54) is 0 Å². The number of hydrogen-bond acceptors (Lipinski definition) is 3. The minimum absolute atomic E-state index is 0.104. The number of amides is 1. The zero-order valence-corrected chi connectivity index (χ0v) is 11.4. The van der Waals surface area contributed by atoms with E-state index in [4.69, 9.17) is 5.73 Å². The molecule has 0 fully saturated rings. The summed E-state index contributed by atoms with van der Waals surface area (Å²) < 4.78 is 0. The number of carbonyl (C=O) groups excluding carboxylic acids is 1. The molecule has 0 aromatic heterocycles. The summed E-state index contributed by atoms with van der Waals surface area (Å²) in [4.78, 5) is 11.8. The Kier molecular flexibility index (Phi) is 5.51. The fourth-order valence-corrected chi connectivity index (χ4v) is 1.96. The molecule has 4 heteroatoms. The minimum atomic E-state index is -0.428. The van der Waals surface area contributed by atoms with Crippen LogP contribution in [0.3, 0.4) is 0 Å². The number of rotatable bonds is 5. The molecule has 1 amide bonds. The van der Waals surface area contributed by atoms with Gasteiger partial charge in [0.25, 0.3) is 0 Å². The van der Waals surface area contributed by atoms with Crippen LogP contribution in [0.5, 0.6) is 0 Å². The molecule has 94 valence electrons. The van der Waals surface area contributed by atoms with E-state index in [1.807, 2.05) is 38.3 Å². The van der Waals surface area contributed by atoms with Gasteiger partial charge in [0.2, 0.25) is 5.91 Å². The highest BCUT2D eigenvalue weighted by Crippen LogP contribution is 2.16. The second kappa shape index (κ2) is 6.67. The fraction of sp³-hybridized carbons (Fsp3) is 0.462. The van der Waals surface area contributed by atoms with E-state index in [2.05, 4.69) is 5.32 Å². The quantitative estimate of drug-likeness (QED) is 0.845. The molecule has 3 N–H and O–H groups in total. The van der Waals surface area contributed by atoms with Crippen LogP contribution in [-0.4, -0.2) is 24.0 Å². The molecule has 0 spiro atoms. The van der Waals surface area contributed by atoms with Crippen LogP contribution in [0.2, 0.25) is 0 Å². The van der Waals surface area contributed by atoms with Crippen molar-refractivity contribution in [1.29, 1.82) is 0 Å². The second-order valence-electron chi connectivity index (χ2n) is 4.20. The normalized spacial score (nSPS) is 12.2. The van der Waals surface area contributed by atoms with Gasteiger partial charge < -0.3 is 11.1 Å². The monoisotopic (exact) mass is 252 g/mol. The zero-order chi connectivity index (χ0) is 12.8. The highest BCUT2D eigenvalue weighted by atomic mass is 32.2. The van der Waals surface area contributed by atoms with E-state index in [0.29, 0.717) is 6.42 Å². The van der Waals surface area contributed by atoms with Crippen molar-refractivity contribution in [2.75, 3.05) is 17.3 Å². The molecule has 0 aliphatic heterocycles. The number of nitrogens with one attached hydrogen (secondary N) is 1. The maximum Gasteiger partial charge on any atom is 0.241 e. The Hall–Kier alpha value is -1.00. The molecule has 0 heterocycles. The van der Waals surface area contributed by atoms with E-state index < -0.39 is 6.04 Å². The molecule has 0 bridgehead atoms. The van der Waals surface area contributed by atoms with E-state index in [-0.39, 0.29) is 5.91 Å². The fourth-order valence-electron chi connectivity index (χ4n) is 1.47. The van der Waals surface area contributed by atoms with E-state index in [1.54, 1.807) is 11.8 Å². The number of carbonyl (C=O) groups is 1. The van der Waals surface area contributed by atoms with E-state index >= 15 is 0 Å². The average molecular weight is 252 g/mol. The highest BCUT2D eigenvalue weighted by molar-refractivity contribution is 7.98. The minimum Gasteiger partial charge on any atom is -0.324 e. The van der Waals surface area contributed by atoms with Gasteiger partial charge in [-0.05, 0) is 49.5 Å². The molecule has 0 saturated heterocycles. The van der Waals surface area contributed by atoms with Crippen LogP contribution in [-0.2, 0) is 4.79 Å². The molecule has 1 atom stereocenters. The van der Waals surface area contributed by atoms with Crippen molar-refractivity contribution in [3.8, 4) is 0 Å². The van der Waals surface area contributed by atoms with Gasteiger partial charge in [-0.3, -0.25) is 4.79 Å². The Morgan fingerprint density at radius 2 is 2.18 bits per heavy atom.